The van der Waals surface area contributed by atoms with Crippen LogP contribution in [-0.4, -0.2) is 35.8 Å². The fraction of sp³-hybridized carbons (Fsp3) is 0.529. The third-order valence-corrected chi connectivity index (χ3v) is 4.80. The number of nitrogens with one attached hydrogen (secondary N) is 2. The van der Waals surface area contributed by atoms with Gasteiger partial charge in [-0.2, -0.15) is 0 Å². The minimum atomic E-state index is -0.145. The summed E-state index contributed by atoms with van der Waals surface area (Å²) < 4.78 is 1.18. The van der Waals surface area contributed by atoms with Gasteiger partial charge in [0.15, 0.2) is 0 Å². The van der Waals surface area contributed by atoms with Gasteiger partial charge in [0.25, 0.3) is 0 Å². The average molecular weight is 335 g/mol. The lowest BCUT2D eigenvalue weighted by Gasteiger charge is -2.21. The van der Waals surface area contributed by atoms with Crippen LogP contribution in [0.3, 0.4) is 0 Å². The zero-order valence-corrected chi connectivity index (χ0v) is 14.6. The fourth-order valence-corrected chi connectivity index (χ4v) is 3.19. The number of aromatic nitrogens is 1. The monoisotopic (exact) mass is 335 g/mol. The van der Waals surface area contributed by atoms with Crippen LogP contribution in [0.4, 0.5) is 4.79 Å². The van der Waals surface area contributed by atoms with Crippen molar-refractivity contribution in [2.24, 2.45) is 5.41 Å². The molecule has 0 saturated heterocycles. The van der Waals surface area contributed by atoms with E-state index in [1.807, 2.05) is 32.0 Å². The van der Waals surface area contributed by atoms with Gasteiger partial charge in [0.05, 0.1) is 15.2 Å². The van der Waals surface area contributed by atoms with Crippen LogP contribution in [0, 0.1) is 5.41 Å². The van der Waals surface area contributed by atoms with Gasteiger partial charge < -0.3 is 15.7 Å². The highest BCUT2D eigenvalue weighted by atomic mass is 32.1. The molecule has 2 amide bonds. The van der Waals surface area contributed by atoms with Gasteiger partial charge in [-0.25, -0.2) is 9.78 Å². The summed E-state index contributed by atoms with van der Waals surface area (Å²) >= 11 is 1.67. The summed E-state index contributed by atoms with van der Waals surface area (Å²) in [6.07, 6.45) is 2.48. The van der Waals surface area contributed by atoms with Crippen molar-refractivity contribution < 1.29 is 9.90 Å². The first-order valence-electron chi connectivity index (χ1n) is 7.97. The smallest absolute Gasteiger partial charge is 0.314 e. The molecule has 0 aliphatic carbocycles. The summed E-state index contributed by atoms with van der Waals surface area (Å²) in [6.45, 7) is 5.40. The minimum absolute atomic E-state index is 0.0784. The van der Waals surface area contributed by atoms with Crippen LogP contribution in [0.25, 0.3) is 10.2 Å². The summed E-state index contributed by atoms with van der Waals surface area (Å²) in [5.74, 6) is 0. The Morgan fingerprint density at radius 3 is 2.74 bits per heavy atom. The molecule has 3 N–H and O–H groups in total. The fourth-order valence-electron chi connectivity index (χ4n) is 2.22. The number of amides is 2. The molecule has 0 radical (unpaired) electrons. The second kappa shape index (κ2) is 8.26. The molecule has 2 aromatic rings. The zero-order valence-electron chi connectivity index (χ0n) is 13.8. The molecule has 0 saturated carbocycles. The first-order valence-corrected chi connectivity index (χ1v) is 8.79. The number of hydrogen-bond donors (Lipinski definition) is 3. The number of rotatable bonds is 8. The van der Waals surface area contributed by atoms with Crippen molar-refractivity contribution in [2.75, 3.05) is 19.7 Å². The molecule has 0 spiro atoms. The number of fused-ring (bicyclic) bond motifs is 1. The Balaban J connectivity index is 1.63. The first-order chi connectivity index (χ1) is 11.0. The molecule has 0 aliphatic heterocycles. The summed E-state index contributed by atoms with van der Waals surface area (Å²) in [4.78, 5) is 16.3. The Morgan fingerprint density at radius 1 is 1.26 bits per heavy atom. The maximum absolute atomic E-state index is 11.7. The van der Waals surface area contributed by atoms with E-state index in [0.29, 0.717) is 13.1 Å². The van der Waals surface area contributed by atoms with Gasteiger partial charge >= 0.3 is 6.03 Å². The van der Waals surface area contributed by atoms with E-state index in [1.165, 1.54) is 4.70 Å². The molecular weight excluding hydrogens is 310 g/mol. The van der Waals surface area contributed by atoms with Crippen LogP contribution in [-0.2, 0) is 6.42 Å². The lowest BCUT2D eigenvalue weighted by atomic mass is 9.89. The zero-order chi connectivity index (χ0) is 16.7. The number of aliphatic hydroxyl groups excluding tert-OH is 1. The highest BCUT2D eigenvalue weighted by Crippen LogP contribution is 2.21. The SMILES string of the molecule is CC(C)(CO)CCCNC(=O)NCCc1nc2ccccc2s1. The van der Waals surface area contributed by atoms with Gasteiger partial charge in [0, 0.05) is 26.1 Å². The number of nitrogens with zero attached hydrogens (tertiary/aromatic N) is 1. The molecule has 1 heterocycles. The third-order valence-electron chi connectivity index (χ3n) is 3.71. The maximum atomic E-state index is 11.7. The van der Waals surface area contributed by atoms with Gasteiger partial charge in [0.1, 0.15) is 0 Å². The number of hydrogen-bond acceptors (Lipinski definition) is 4. The topological polar surface area (TPSA) is 74.2 Å². The molecule has 23 heavy (non-hydrogen) atoms. The molecule has 0 unspecified atom stereocenters. The number of aliphatic hydroxyl groups is 1. The second-order valence-corrected chi connectivity index (χ2v) is 7.55. The van der Waals surface area contributed by atoms with Gasteiger partial charge in [-0.1, -0.05) is 26.0 Å². The Bertz CT molecular complexity index is 607. The highest BCUT2D eigenvalue weighted by molar-refractivity contribution is 7.18. The molecule has 1 aromatic heterocycles. The van der Waals surface area contributed by atoms with Crippen LogP contribution in [0.5, 0.6) is 0 Å². The lowest BCUT2D eigenvalue weighted by Crippen LogP contribution is -2.37. The van der Waals surface area contributed by atoms with Crippen molar-refractivity contribution >= 4 is 27.6 Å². The largest absolute Gasteiger partial charge is 0.396 e. The minimum Gasteiger partial charge on any atom is -0.396 e. The van der Waals surface area contributed by atoms with E-state index in [2.05, 4.69) is 21.7 Å². The third kappa shape index (κ3) is 5.80. The molecule has 0 atom stereocenters. The average Bonchev–Trinajstić information content (AvgIpc) is 2.94. The van der Waals surface area contributed by atoms with Crippen molar-refractivity contribution in [3.8, 4) is 0 Å². The number of carbonyl (C=O) groups is 1. The first kappa shape index (κ1) is 17.7. The molecule has 2 rings (SSSR count). The summed E-state index contributed by atoms with van der Waals surface area (Å²) in [6, 6.07) is 7.91. The van der Waals surface area contributed by atoms with E-state index in [0.717, 1.165) is 29.8 Å². The van der Waals surface area contributed by atoms with E-state index in [1.54, 1.807) is 11.3 Å². The highest BCUT2D eigenvalue weighted by Gasteiger charge is 2.15. The Hall–Kier alpha value is -1.66. The van der Waals surface area contributed by atoms with E-state index >= 15 is 0 Å². The van der Waals surface area contributed by atoms with Gasteiger partial charge in [-0.05, 0) is 30.4 Å². The Morgan fingerprint density at radius 2 is 2.00 bits per heavy atom. The predicted octanol–water partition coefficient (Wildman–Crippen LogP) is 2.94. The lowest BCUT2D eigenvalue weighted by molar-refractivity contribution is 0.148. The number of urea groups is 1. The molecular formula is C17H25N3O2S. The molecule has 6 heteroatoms. The van der Waals surface area contributed by atoms with Crippen molar-refractivity contribution in [1.82, 2.24) is 15.6 Å². The van der Waals surface area contributed by atoms with Crippen molar-refractivity contribution in [1.29, 1.82) is 0 Å². The summed E-state index contributed by atoms with van der Waals surface area (Å²) in [5.41, 5.74) is 0.939. The normalized spacial score (nSPS) is 11.6. The number of para-hydroxylation sites is 1. The van der Waals surface area contributed by atoms with Crippen LogP contribution in [0.15, 0.2) is 24.3 Å². The summed E-state index contributed by atoms with van der Waals surface area (Å²) in [5, 5.41) is 15.9. The van der Waals surface area contributed by atoms with E-state index in [4.69, 9.17) is 0 Å². The van der Waals surface area contributed by atoms with Crippen LogP contribution in [0.2, 0.25) is 0 Å². The summed E-state index contributed by atoms with van der Waals surface area (Å²) in [7, 11) is 0. The van der Waals surface area contributed by atoms with E-state index in [-0.39, 0.29) is 18.1 Å². The predicted molar refractivity (Wildman–Crippen MR) is 94.8 cm³/mol. The molecule has 0 aliphatic rings. The molecule has 0 bridgehead atoms. The number of benzene rings is 1. The van der Waals surface area contributed by atoms with Gasteiger partial charge in [-0.15, -0.1) is 11.3 Å². The molecule has 5 nitrogen and oxygen atoms in total. The number of carbonyl (C=O) groups excluding carboxylic acids is 1. The molecule has 1 aromatic carbocycles. The van der Waals surface area contributed by atoms with Gasteiger partial charge in [-0.3, -0.25) is 0 Å². The van der Waals surface area contributed by atoms with Crippen LogP contribution in [0.1, 0.15) is 31.7 Å². The van der Waals surface area contributed by atoms with E-state index < -0.39 is 0 Å². The van der Waals surface area contributed by atoms with E-state index in [9.17, 15) is 9.90 Å². The van der Waals surface area contributed by atoms with Gasteiger partial charge in [0.2, 0.25) is 0 Å². The Labute approximate surface area is 141 Å². The standard InChI is InChI=1S/C17H25N3O2S/c1-17(2,12-21)9-5-10-18-16(22)19-11-8-15-20-13-6-3-4-7-14(13)23-15/h3-4,6-7,21H,5,8-12H2,1-2H3,(H2,18,19,22). The van der Waals surface area contributed by atoms with Crippen molar-refractivity contribution in [3.63, 3.8) is 0 Å². The van der Waals surface area contributed by atoms with Crippen LogP contribution >= 0.6 is 11.3 Å². The second-order valence-electron chi connectivity index (χ2n) is 6.43. The van der Waals surface area contributed by atoms with Crippen molar-refractivity contribution in [2.45, 2.75) is 33.1 Å². The number of thiazole rings is 1. The molecule has 0 fully saturated rings. The quantitative estimate of drug-likeness (QED) is 0.649. The maximum Gasteiger partial charge on any atom is 0.314 e. The van der Waals surface area contributed by atoms with Crippen molar-refractivity contribution in [3.05, 3.63) is 29.3 Å². The van der Waals surface area contributed by atoms with Crippen LogP contribution < -0.4 is 10.6 Å². The Kier molecular flexibility index (Phi) is 6.36. The molecule has 126 valence electrons.